The number of hydrogen-bond donors (Lipinski definition) is 0. The van der Waals surface area contributed by atoms with Gasteiger partial charge in [0.25, 0.3) is 0 Å². The van der Waals surface area contributed by atoms with Gasteiger partial charge in [0.15, 0.2) is 0 Å². The van der Waals surface area contributed by atoms with Gasteiger partial charge in [-0.2, -0.15) is 0 Å². The van der Waals surface area contributed by atoms with Gasteiger partial charge in [-0.25, -0.2) is 0 Å². The molecule has 0 aliphatic heterocycles. The van der Waals surface area contributed by atoms with E-state index < -0.39 is 0 Å². The molecule has 0 N–H and O–H groups in total. The summed E-state index contributed by atoms with van der Waals surface area (Å²) in [6.07, 6.45) is 2.03. The summed E-state index contributed by atoms with van der Waals surface area (Å²) in [6, 6.07) is 4.11. The molecule has 0 amide bonds. The van der Waals surface area contributed by atoms with Crippen molar-refractivity contribution >= 4 is 46.5 Å². The Morgan fingerprint density at radius 3 is 2.88 bits per heavy atom. The van der Waals surface area contributed by atoms with Crippen LogP contribution < -0.4 is 2.58 Å². The summed E-state index contributed by atoms with van der Waals surface area (Å²) in [5.41, 5.74) is 0. The maximum absolute atomic E-state index is 2.99. The van der Waals surface area contributed by atoms with Crippen molar-refractivity contribution in [1.29, 1.82) is 0 Å². The third kappa shape index (κ3) is 1.98. The van der Waals surface area contributed by atoms with E-state index in [1.807, 2.05) is 12.3 Å². The van der Waals surface area contributed by atoms with Crippen molar-refractivity contribution in [2.45, 2.75) is 0 Å². The molecule has 4 heteroatoms. The van der Waals surface area contributed by atoms with Gasteiger partial charge in [0, 0.05) is 0 Å². The van der Waals surface area contributed by atoms with E-state index >= 15 is 0 Å². The summed E-state index contributed by atoms with van der Waals surface area (Å²) in [5.74, 6) is 0. The Morgan fingerprint density at radius 2 is 2.50 bits per heavy atom. The van der Waals surface area contributed by atoms with Crippen LogP contribution in [0.3, 0.4) is 0 Å². The van der Waals surface area contributed by atoms with Crippen LogP contribution in [0.25, 0.3) is 0 Å². The van der Waals surface area contributed by atoms with E-state index in [0.29, 0.717) is 14.7 Å². The summed E-state index contributed by atoms with van der Waals surface area (Å²) in [4.78, 5) is 0. The second-order valence-corrected chi connectivity index (χ2v) is 7.57. The molecular weight excluding hydrogens is 299 g/mol. The van der Waals surface area contributed by atoms with Crippen molar-refractivity contribution in [3.05, 3.63) is 21.3 Å². The Kier molecular flexibility index (Phi) is 2.71. The zero-order valence-corrected chi connectivity index (χ0v) is 9.04. The first-order chi connectivity index (χ1) is 3.79. The summed E-state index contributed by atoms with van der Waals surface area (Å²) >= 11 is 6.38. The van der Waals surface area contributed by atoms with Gasteiger partial charge >= 0.3 is 70.4 Å². The van der Waals surface area contributed by atoms with Crippen LogP contribution in [0.5, 0.6) is 0 Å². The molecule has 0 fully saturated rings. The fraction of sp³-hybridized carbons (Fsp3) is 0. The summed E-state index contributed by atoms with van der Waals surface area (Å²) in [7, 11) is 0. The van der Waals surface area contributed by atoms with Gasteiger partial charge in [-0.3, -0.25) is 0 Å². The molecule has 1 rings (SSSR count). The molecule has 1 nitrogen and oxygen atoms in total. The zero-order chi connectivity index (χ0) is 5.98. The second kappa shape index (κ2) is 3.12. The predicted molar refractivity (Wildman–Crippen MR) is 33.7 cm³/mol. The van der Waals surface area contributed by atoms with E-state index in [-0.39, 0.29) is 0 Å². The van der Waals surface area contributed by atoms with Crippen LogP contribution in [0, 0.1) is 2.94 Å². The van der Waals surface area contributed by atoms with E-state index in [0.717, 1.165) is 0 Å². The minimum absolute atomic E-state index is 0.467. The monoisotopic (exact) mass is 305 g/mol. The Bertz CT molecular complexity index is 229. The Labute approximate surface area is 70.1 Å². The molecule has 0 bridgehead atoms. The third-order valence-corrected chi connectivity index (χ3v) is 4.08. The van der Waals surface area contributed by atoms with Crippen LogP contribution in [0.2, 0.25) is 0 Å². The number of hydrogen-bond acceptors (Lipinski definition) is 0. The topological polar surface area (TPSA) is 3.88 Å². The van der Waals surface area contributed by atoms with Gasteiger partial charge in [0.05, 0.1) is 0 Å². The average Bonchev–Trinajstić information content (AvgIpc) is 1.64. The molecule has 0 unspecified atom stereocenters. The van der Waals surface area contributed by atoms with Crippen LogP contribution in [0.1, 0.15) is 0 Å². The fourth-order valence-electron chi connectivity index (χ4n) is 0.341. The van der Waals surface area contributed by atoms with Crippen LogP contribution >= 0.6 is 0 Å². The first-order valence-corrected chi connectivity index (χ1v) is 5.23. The maximum atomic E-state index is 2.99. The van der Waals surface area contributed by atoms with Gasteiger partial charge in [-0.15, -0.1) is 0 Å². The van der Waals surface area contributed by atoms with E-state index in [1.165, 1.54) is 2.94 Å². The molecular formula is C4H3NSe3. The predicted octanol–water partition coefficient (Wildman–Crippen LogP) is -1.34. The van der Waals surface area contributed by atoms with Crippen molar-refractivity contribution in [2.24, 2.45) is 0 Å². The third-order valence-electron chi connectivity index (χ3n) is 0.620. The first-order valence-electron chi connectivity index (χ1n) is 1.99. The molecule has 0 atom stereocenters. The summed E-state index contributed by atoms with van der Waals surface area (Å²) in [5, 5.41) is 0. The molecule has 8 heavy (non-hydrogen) atoms. The SMILES string of the molecule is [Se]=c1ccc[n+]([Se-])[se]1. The Balaban J connectivity index is 3.28. The molecule has 0 radical (unpaired) electrons. The number of rotatable bonds is 0. The zero-order valence-electron chi connectivity index (χ0n) is 3.90. The molecule has 1 aromatic rings. The van der Waals surface area contributed by atoms with Crippen LogP contribution in [-0.4, -0.2) is 46.5 Å². The van der Waals surface area contributed by atoms with Gasteiger partial charge in [0.1, 0.15) is 0 Å². The van der Waals surface area contributed by atoms with Crippen molar-refractivity contribution in [2.75, 3.05) is 0 Å². The molecule has 0 aliphatic carbocycles. The van der Waals surface area contributed by atoms with E-state index in [1.54, 1.807) is 0 Å². The summed E-state index contributed by atoms with van der Waals surface area (Å²) in [6.45, 7) is 0. The summed E-state index contributed by atoms with van der Waals surface area (Å²) < 4.78 is 3.40. The first kappa shape index (κ1) is 6.95. The Hall–Kier alpha value is 0.838. The fourth-order valence-corrected chi connectivity index (χ4v) is 4.59. The van der Waals surface area contributed by atoms with Crippen LogP contribution in [0.4, 0.5) is 0 Å². The standard InChI is InChI=1S/C4H3NSe3/c6-4-2-1-3-5(7)8-4/h1-3H. The van der Waals surface area contributed by atoms with Crippen molar-refractivity contribution in [1.82, 2.24) is 0 Å². The van der Waals surface area contributed by atoms with E-state index in [9.17, 15) is 0 Å². The minimum atomic E-state index is 0.467. The molecule has 0 saturated carbocycles. The average molecular weight is 302 g/mol. The number of nitrogens with zero attached hydrogens (tertiary/aromatic N) is 1. The molecule has 0 saturated heterocycles. The Morgan fingerprint density at radius 1 is 1.75 bits per heavy atom. The molecule has 0 aromatic carbocycles. The molecule has 1 heterocycles. The molecule has 0 aliphatic rings. The van der Waals surface area contributed by atoms with Gasteiger partial charge in [0.2, 0.25) is 0 Å². The van der Waals surface area contributed by atoms with E-state index in [2.05, 4.69) is 40.5 Å². The van der Waals surface area contributed by atoms with Gasteiger partial charge in [-0.1, -0.05) is 0 Å². The van der Waals surface area contributed by atoms with Crippen molar-refractivity contribution < 1.29 is 2.58 Å². The van der Waals surface area contributed by atoms with Crippen LogP contribution in [0.15, 0.2) is 18.3 Å². The van der Waals surface area contributed by atoms with Gasteiger partial charge in [-0.05, 0) is 0 Å². The van der Waals surface area contributed by atoms with E-state index in [4.69, 9.17) is 0 Å². The van der Waals surface area contributed by atoms with Gasteiger partial charge < -0.3 is 0 Å². The quantitative estimate of drug-likeness (QED) is 0.523. The van der Waals surface area contributed by atoms with Crippen LogP contribution in [-0.2, 0) is 0 Å². The normalized spacial score (nSPS) is 9.00. The molecule has 0 spiro atoms. The second-order valence-electron chi connectivity index (χ2n) is 1.20. The number of aromatic nitrogens is 1. The molecule has 1 aromatic heterocycles. The van der Waals surface area contributed by atoms with Crippen molar-refractivity contribution in [3.63, 3.8) is 0 Å². The molecule has 42 valence electrons. The van der Waals surface area contributed by atoms with Crippen molar-refractivity contribution in [3.8, 4) is 0 Å².